The van der Waals surface area contributed by atoms with Crippen molar-refractivity contribution < 1.29 is 13.6 Å². The normalized spacial score (nSPS) is 20.0. The van der Waals surface area contributed by atoms with Crippen LogP contribution in [-0.2, 0) is 11.2 Å². The average Bonchev–Trinajstić information content (AvgIpc) is 2.76. The minimum absolute atomic E-state index is 0.00875. The second kappa shape index (κ2) is 4.95. The molecule has 0 amide bonds. The highest BCUT2D eigenvalue weighted by atomic mass is 32.2. The van der Waals surface area contributed by atoms with Gasteiger partial charge in [-0.2, -0.15) is 11.8 Å². The number of hydrogen-bond donors (Lipinski definition) is 0. The molecule has 1 fully saturated rings. The Morgan fingerprint density at radius 2 is 2.25 bits per heavy atom. The van der Waals surface area contributed by atoms with Crippen molar-refractivity contribution in [2.75, 3.05) is 11.5 Å². The van der Waals surface area contributed by atoms with Crippen molar-refractivity contribution in [2.24, 2.45) is 5.92 Å². The number of Topliss-reactive ketones (excluding diaryl/α,β-unsaturated/α-hetero) is 1. The molecular weight excluding hydrogens is 230 g/mol. The molecule has 1 unspecified atom stereocenters. The van der Waals surface area contributed by atoms with Gasteiger partial charge in [-0.05, 0) is 35.9 Å². The fourth-order valence-corrected chi connectivity index (χ4v) is 3.05. The molecule has 86 valence electrons. The predicted molar refractivity (Wildman–Crippen MR) is 60.5 cm³/mol. The summed E-state index contributed by atoms with van der Waals surface area (Å²) < 4.78 is 26.2. The van der Waals surface area contributed by atoms with E-state index in [1.54, 1.807) is 11.8 Å². The molecule has 4 heteroatoms. The third kappa shape index (κ3) is 2.61. The zero-order valence-corrected chi connectivity index (χ0v) is 9.53. The van der Waals surface area contributed by atoms with Gasteiger partial charge in [-0.25, -0.2) is 8.78 Å². The van der Waals surface area contributed by atoms with Crippen LogP contribution in [0.2, 0.25) is 0 Å². The maximum absolute atomic E-state index is 13.3. The molecule has 1 aliphatic heterocycles. The molecular formula is C12H12F2OS. The lowest BCUT2D eigenvalue weighted by molar-refractivity contribution is -0.121. The number of ketones is 1. The quantitative estimate of drug-likeness (QED) is 0.810. The van der Waals surface area contributed by atoms with Crippen LogP contribution in [0.25, 0.3) is 0 Å². The van der Waals surface area contributed by atoms with E-state index in [0.717, 1.165) is 36.1 Å². The van der Waals surface area contributed by atoms with Gasteiger partial charge in [0.2, 0.25) is 0 Å². The number of benzene rings is 1. The second-order valence-corrected chi connectivity index (χ2v) is 5.09. The van der Waals surface area contributed by atoms with Gasteiger partial charge in [-0.15, -0.1) is 0 Å². The Morgan fingerprint density at radius 1 is 1.44 bits per heavy atom. The van der Waals surface area contributed by atoms with Gasteiger partial charge in [0.15, 0.2) is 0 Å². The molecule has 1 nitrogen and oxygen atoms in total. The van der Waals surface area contributed by atoms with Gasteiger partial charge in [-0.1, -0.05) is 0 Å². The summed E-state index contributed by atoms with van der Waals surface area (Å²) in [5.41, 5.74) is 0.168. The van der Waals surface area contributed by atoms with Crippen molar-refractivity contribution in [2.45, 2.75) is 12.8 Å². The number of rotatable bonds is 3. The molecule has 0 aromatic heterocycles. The molecule has 1 atom stereocenters. The second-order valence-electron chi connectivity index (χ2n) is 3.94. The minimum Gasteiger partial charge on any atom is -0.299 e. The molecule has 0 aliphatic carbocycles. The van der Waals surface area contributed by atoms with Gasteiger partial charge in [0.25, 0.3) is 0 Å². The minimum atomic E-state index is -0.500. The maximum atomic E-state index is 13.3. The summed E-state index contributed by atoms with van der Waals surface area (Å²) in [5.74, 6) is 0.852. The molecule has 1 heterocycles. The van der Waals surface area contributed by atoms with Crippen molar-refractivity contribution in [3.05, 3.63) is 35.4 Å². The summed E-state index contributed by atoms with van der Waals surface area (Å²) in [6, 6.07) is 3.24. The molecule has 1 aromatic rings. The lowest BCUT2D eigenvalue weighted by atomic mass is 9.97. The van der Waals surface area contributed by atoms with Gasteiger partial charge in [0.05, 0.1) is 0 Å². The molecule has 2 rings (SSSR count). The molecule has 0 spiro atoms. The van der Waals surface area contributed by atoms with Crippen LogP contribution in [0.5, 0.6) is 0 Å². The summed E-state index contributed by atoms with van der Waals surface area (Å²) >= 11 is 1.74. The molecule has 1 saturated heterocycles. The number of thioether (sulfide) groups is 1. The third-order valence-electron chi connectivity index (χ3n) is 2.76. The van der Waals surface area contributed by atoms with E-state index in [0.29, 0.717) is 0 Å². The Hall–Kier alpha value is -0.900. The highest BCUT2D eigenvalue weighted by Gasteiger charge is 2.23. The first kappa shape index (κ1) is 11.6. The van der Waals surface area contributed by atoms with Crippen LogP contribution in [0.4, 0.5) is 8.78 Å². The van der Waals surface area contributed by atoms with Crippen LogP contribution in [-0.4, -0.2) is 17.3 Å². The lowest BCUT2D eigenvalue weighted by Crippen LogP contribution is -2.16. The summed E-state index contributed by atoms with van der Waals surface area (Å²) in [4.78, 5) is 11.8. The molecule has 1 aromatic carbocycles. The van der Waals surface area contributed by atoms with Gasteiger partial charge >= 0.3 is 0 Å². The highest BCUT2D eigenvalue weighted by molar-refractivity contribution is 7.99. The number of carbonyl (C=O) groups is 1. The Bertz CT molecular complexity index is 400. The van der Waals surface area contributed by atoms with Gasteiger partial charge in [0.1, 0.15) is 17.4 Å². The smallest absolute Gasteiger partial charge is 0.141 e. The van der Waals surface area contributed by atoms with Crippen LogP contribution in [0.3, 0.4) is 0 Å². The van der Waals surface area contributed by atoms with Gasteiger partial charge < -0.3 is 0 Å². The van der Waals surface area contributed by atoms with E-state index in [1.165, 1.54) is 0 Å². The van der Waals surface area contributed by atoms with E-state index in [4.69, 9.17) is 0 Å². The predicted octanol–water partition coefficient (Wildman–Crippen LogP) is 2.83. The van der Waals surface area contributed by atoms with Crippen molar-refractivity contribution in [3.63, 3.8) is 0 Å². The Kier molecular flexibility index (Phi) is 3.59. The topological polar surface area (TPSA) is 17.1 Å². The zero-order valence-electron chi connectivity index (χ0n) is 8.71. The van der Waals surface area contributed by atoms with Gasteiger partial charge in [-0.3, -0.25) is 4.79 Å². The Morgan fingerprint density at radius 3 is 2.94 bits per heavy atom. The monoisotopic (exact) mass is 242 g/mol. The zero-order chi connectivity index (χ0) is 11.5. The summed E-state index contributed by atoms with van der Waals surface area (Å²) in [5, 5.41) is 0. The maximum Gasteiger partial charge on any atom is 0.141 e. The molecule has 0 radical (unpaired) electrons. The fraction of sp³-hybridized carbons (Fsp3) is 0.417. The van der Waals surface area contributed by atoms with E-state index in [2.05, 4.69) is 0 Å². The van der Waals surface area contributed by atoms with Crippen molar-refractivity contribution in [1.29, 1.82) is 0 Å². The van der Waals surface area contributed by atoms with Crippen LogP contribution in [0.1, 0.15) is 12.0 Å². The van der Waals surface area contributed by atoms with Crippen LogP contribution >= 0.6 is 11.8 Å². The third-order valence-corrected chi connectivity index (χ3v) is 3.92. The van der Waals surface area contributed by atoms with Crippen molar-refractivity contribution in [1.82, 2.24) is 0 Å². The number of carbonyl (C=O) groups excluding carboxylic acids is 1. The van der Waals surface area contributed by atoms with E-state index >= 15 is 0 Å². The number of hydrogen-bond acceptors (Lipinski definition) is 2. The van der Waals surface area contributed by atoms with Crippen molar-refractivity contribution in [3.8, 4) is 0 Å². The van der Waals surface area contributed by atoms with Crippen LogP contribution in [0.15, 0.2) is 18.2 Å². The van der Waals surface area contributed by atoms with Gasteiger partial charge in [0, 0.05) is 18.1 Å². The standard InChI is InChI=1S/C12H12F2OS/c13-10-1-2-11(14)9(5-10)6-12(15)8-3-4-16-7-8/h1-2,5,8H,3-4,6-7H2. The first-order valence-electron chi connectivity index (χ1n) is 5.21. The summed E-state index contributed by atoms with van der Waals surface area (Å²) in [7, 11) is 0. The van der Waals surface area contributed by atoms with E-state index in [1.807, 2.05) is 0 Å². The SMILES string of the molecule is O=C(Cc1cc(F)ccc1F)C1CCSC1. The van der Waals surface area contributed by atoms with E-state index in [9.17, 15) is 13.6 Å². The van der Waals surface area contributed by atoms with Crippen molar-refractivity contribution >= 4 is 17.5 Å². The molecule has 16 heavy (non-hydrogen) atoms. The number of halogens is 2. The van der Waals surface area contributed by atoms with E-state index < -0.39 is 11.6 Å². The molecule has 0 bridgehead atoms. The fourth-order valence-electron chi connectivity index (χ4n) is 1.80. The van der Waals surface area contributed by atoms with E-state index in [-0.39, 0.29) is 23.7 Å². The molecule has 1 aliphatic rings. The first-order chi connectivity index (χ1) is 7.66. The summed E-state index contributed by atoms with van der Waals surface area (Å²) in [6.45, 7) is 0. The largest absolute Gasteiger partial charge is 0.299 e. The van der Waals surface area contributed by atoms with Crippen LogP contribution < -0.4 is 0 Å². The highest BCUT2D eigenvalue weighted by Crippen LogP contribution is 2.25. The Balaban J connectivity index is 2.07. The lowest BCUT2D eigenvalue weighted by Gasteiger charge is -2.07. The molecule has 0 saturated carbocycles. The summed E-state index contributed by atoms with van der Waals surface area (Å²) in [6.07, 6.45) is 0.870. The Labute approximate surface area is 97.2 Å². The van der Waals surface area contributed by atoms with Crippen LogP contribution in [0, 0.1) is 17.6 Å². The average molecular weight is 242 g/mol. The first-order valence-corrected chi connectivity index (χ1v) is 6.36. The molecule has 0 N–H and O–H groups in total.